The van der Waals surface area contributed by atoms with Gasteiger partial charge in [-0.25, -0.2) is 4.68 Å². The number of nitro groups is 1. The van der Waals surface area contributed by atoms with Gasteiger partial charge in [-0.05, 0) is 30.3 Å². The molecule has 29 heavy (non-hydrogen) atoms. The summed E-state index contributed by atoms with van der Waals surface area (Å²) in [5.74, 6) is 0.659. The summed E-state index contributed by atoms with van der Waals surface area (Å²) < 4.78 is 11.6. The number of nitrogens with one attached hydrogen (secondary N) is 1. The summed E-state index contributed by atoms with van der Waals surface area (Å²) in [7, 11) is 0. The minimum absolute atomic E-state index is 0.142. The van der Waals surface area contributed by atoms with E-state index in [1.54, 1.807) is 24.3 Å². The zero-order valence-corrected chi connectivity index (χ0v) is 14.9. The molecule has 2 heterocycles. The maximum Gasteiger partial charge on any atom is 0.271 e. The zero-order chi connectivity index (χ0) is 20.4. The SMILES string of the molecule is O=C(Cn1nc(-c2ccc3c(c2)OCO3)ccc1=O)Nc1cccc([N+](=O)[O-])c1. The summed E-state index contributed by atoms with van der Waals surface area (Å²) >= 11 is 0. The molecule has 0 atom stereocenters. The van der Waals surface area contributed by atoms with Gasteiger partial charge < -0.3 is 14.8 Å². The van der Waals surface area contributed by atoms with Gasteiger partial charge in [0.25, 0.3) is 11.2 Å². The number of carbonyl (C=O) groups is 1. The number of benzene rings is 2. The molecule has 0 radical (unpaired) electrons. The lowest BCUT2D eigenvalue weighted by atomic mass is 10.1. The number of non-ortho nitro benzene ring substituents is 1. The average Bonchev–Trinajstić information content (AvgIpc) is 3.17. The van der Waals surface area contributed by atoms with Crippen LogP contribution in [0.25, 0.3) is 11.3 Å². The molecular weight excluding hydrogens is 380 g/mol. The summed E-state index contributed by atoms with van der Waals surface area (Å²) in [6.07, 6.45) is 0. The standard InChI is InChI=1S/C19H14N4O6/c24-18(20-13-2-1-3-14(9-13)23(26)27)10-22-19(25)7-5-15(21-22)12-4-6-16-17(8-12)29-11-28-16/h1-9H,10-11H2,(H,20,24). The van der Waals surface area contributed by atoms with Crippen molar-refractivity contribution >= 4 is 17.3 Å². The lowest BCUT2D eigenvalue weighted by molar-refractivity contribution is -0.384. The van der Waals surface area contributed by atoms with Crippen LogP contribution in [-0.4, -0.2) is 27.4 Å². The number of rotatable bonds is 5. The van der Waals surface area contributed by atoms with Gasteiger partial charge in [-0.2, -0.15) is 5.10 Å². The van der Waals surface area contributed by atoms with Crippen molar-refractivity contribution < 1.29 is 19.2 Å². The Balaban J connectivity index is 1.54. The number of nitro benzene ring substituents is 1. The van der Waals surface area contributed by atoms with Crippen LogP contribution in [-0.2, 0) is 11.3 Å². The molecule has 0 bridgehead atoms. The fourth-order valence-corrected chi connectivity index (χ4v) is 2.81. The third-order valence-electron chi connectivity index (χ3n) is 4.17. The van der Waals surface area contributed by atoms with Crippen LogP contribution in [0.3, 0.4) is 0 Å². The highest BCUT2D eigenvalue weighted by molar-refractivity contribution is 5.90. The van der Waals surface area contributed by atoms with E-state index in [2.05, 4.69) is 10.4 Å². The zero-order valence-electron chi connectivity index (χ0n) is 14.9. The third kappa shape index (κ3) is 3.90. The Kier molecular flexibility index (Phi) is 4.65. The second-order valence-electron chi connectivity index (χ2n) is 6.14. The molecule has 2 aromatic carbocycles. The van der Waals surface area contributed by atoms with Crippen molar-refractivity contribution in [3.05, 3.63) is 75.1 Å². The van der Waals surface area contributed by atoms with Gasteiger partial charge in [-0.3, -0.25) is 19.7 Å². The van der Waals surface area contributed by atoms with E-state index in [0.29, 0.717) is 22.8 Å². The lowest BCUT2D eigenvalue weighted by Gasteiger charge is -2.09. The molecule has 0 saturated carbocycles. The van der Waals surface area contributed by atoms with Crippen molar-refractivity contribution in [2.45, 2.75) is 6.54 Å². The van der Waals surface area contributed by atoms with Gasteiger partial charge in [-0.1, -0.05) is 6.07 Å². The largest absolute Gasteiger partial charge is 0.454 e. The van der Waals surface area contributed by atoms with E-state index in [-0.39, 0.29) is 24.7 Å². The number of hydrogen-bond donors (Lipinski definition) is 1. The molecule has 1 N–H and O–H groups in total. The molecule has 3 aromatic rings. The first kappa shape index (κ1) is 18.2. The van der Waals surface area contributed by atoms with Gasteiger partial charge in [-0.15, -0.1) is 0 Å². The highest BCUT2D eigenvalue weighted by Gasteiger charge is 2.15. The predicted octanol–water partition coefficient (Wildman–Crippen LogP) is 2.19. The Bertz CT molecular complexity index is 1170. The molecule has 0 spiro atoms. The summed E-state index contributed by atoms with van der Waals surface area (Å²) in [4.78, 5) is 34.7. The highest BCUT2D eigenvalue weighted by atomic mass is 16.7. The normalized spacial score (nSPS) is 11.9. The van der Waals surface area contributed by atoms with Gasteiger partial charge in [0.1, 0.15) is 6.54 Å². The molecule has 0 fully saturated rings. The van der Waals surface area contributed by atoms with Gasteiger partial charge in [0.15, 0.2) is 11.5 Å². The summed E-state index contributed by atoms with van der Waals surface area (Å²) in [6.45, 7) is -0.205. The fraction of sp³-hybridized carbons (Fsp3) is 0.105. The van der Waals surface area contributed by atoms with E-state index in [1.165, 1.54) is 30.3 Å². The minimum Gasteiger partial charge on any atom is -0.454 e. The van der Waals surface area contributed by atoms with Crippen LogP contribution in [0.15, 0.2) is 59.4 Å². The molecule has 10 nitrogen and oxygen atoms in total. The van der Waals surface area contributed by atoms with E-state index in [9.17, 15) is 19.7 Å². The van der Waals surface area contributed by atoms with Crippen molar-refractivity contribution in [3.8, 4) is 22.8 Å². The van der Waals surface area contributed by atoms with Crippen LogP contribution < -0.4 is 20.3 Å². The number of hydrogen-bond acceptors (Lipinski definition) is 7. The Hall–Kier alpha value is -4.21. The van der Waals surface area contributed by atoms with Crippen molar-refractivity contribution in [2.75, 3.05) is 12.1 Å². The average molecular weight is 394 g/mol. The molecule has 4 rings (SSSR count). The van der Waals surface area contributed by atoms with Crippen molar-refractivity contribution in [2.24, 2.45) is 0 Å². The number of nitrogens with zero attached hydrogens (tertiary/aromatic N) is 3. The van der Waals surface area contributed by atoms with Gasteiger partial charge in [0, 0.05) is 29.4 Å². The molecule has 0 aliphatic carbocycles. The minimum atomic E-state index is -0.559. The fourth-order valence-electron chi connectivity index (χ4n) is 2.81. The summed E-state index contributed by atoms with van der Waals surface area (Å²) in [5.41, 5.74) is 0.823. The number of carbonyl (C=O) groups excluding carboxylic acids is 1. The molecule has 1 aromatic heterocycles. The topological polar surface area (TPSA) is 126 Å². The number of aromatic nitrogens is 2. The van der Waals surface area contributed by atoms with Gasteiger partial charge in [0.2, 0.25) is 12.7 Å². The van der Waals surface area contributed by atoms with E-state index in [4.69, 9.17) is 9.47 Å². The first-order valence-corrected chi connectivity index (χ1v) is 8.52. The summed E-state index contributed by atoms with van der Waals surface area (Å²) in [6, 6.07) is 13.6. The van der Waals surface area contributed by atoms with Crippen LogP contribution in [0.1, 0.15) is 0 Å². The van der Waals surface area contributed by atoms with E-state index >= 15 is 0 Å². The first-order chi connectivity index (χ1) is 14.0. The molecular formula is C19H14N4O6. The van der Waals surface area contributed by atoms with Crippen LogP contribution in [0.2, 0.25) is 0 Å². The number of ether oxygens (including phenoxy) is 2. The number of anilines is 1. The Labute approximate surface area is 163 Å². The maximum atomic E-state index is 12.3. The second kappa shape index (κ2) is 7.43. The first-order valence-electron chi connectivity index (χ1n) is 8.52. The van der Waals surface area contributed by atoms with Crippen molar-refractivity contribution in [1.82, 2.24) is 9.78 Å². The lowest BCUT2D eigenvalue weighted by Crippen LogP contribution is -2.29. The molecule has 1 aliphatic rings. The molecule has 1 aliphatic heterocycles. The number of fused-ring (bicyclic) bond motifs is 1. The van der Waals surface area contributed by atoms with Crippen molar-refractivity contribution in [3.63, 3.8) is 0 Å². The molecule has 0 saturated heterocycles. The second-order valence-corrected chi connectivity index (χ2v) is 6.14. The summed E-state index contributed by atoms with van der Waals surface area (Å²) in [5, 5.41) is 17.6. The van der Waals surface area contributed by atoms with Crippen molar-refractivity contribution in [1.29, 1.82) is 0 Å². The Morgan fingerprint density at radius 1 is 1.14 bits per heavy atom. The Morgan fingerprint density at radius 2 is 1.97 bits per heavy atom. The molecule has 1 amide bonds. The van der Waals surface area contributed by atoms with Crippen LogP contribution in [0.5, 0.6) is 11.5 Å². The van der Waals surface area contributed by atoms with E-state index < -0.39 is 16.4 Å². The predicted molar refractivity (Wildman–Crippen MR) is 102 cm³/mol. The number of amides is 1. The third-order valence-corrected chi connectivity index (χ3v) is 4.17. The molecule has 146 valence electrons. The van der Waals surface area contributed by atoms with Crippen LogP contribution >= 0.6 is 0 Å². The molecule has 10 heteroatoms. The molecule has 0 unspecified atom stereocenters. The van der Waals surface area contributed by atoms with E-state index in [1.807, 2.05) is 0 Å². The Morgan fingerprint density at radius 3 is 2.79 bits per heavy atom. The van der Waals surface area contributed by atoms with Crippen LogP contribution in [0, 0.1) is 10.1 Å². The smallest absolute Gasteiger partial charge is 0.271 e. The monoisotopic (exact) mass is 394 g/mol. The van der Waals surface area contributed by atoms with Gasteiger partial charge in [0.05, 0.1) is 10.6 Å². The van der Waals surface area contributed by atoms with E-state index in [0.717, 1.165) is 4.68 Å². The van der Waals surface area contributed by atoms with Gasteiger partial charge >= 0.3 is 0 Å². The quantitative estimate of drug-likeness (QED) is 0.519. The maximum absolute atomic E-state index is 12.3. The van der Waals surface area contributed by atoms with Crippen LogP contribution in [0.4, 0.5) is 11.4 Å². The highest BCUT2D eigenvalue weighted by Crippen LogP contribution is 2.35.